The molecule has 2 aromatic rings. The van der Waals surface area contributed by atoms with Crippen molar-refractivity contribution < 1.29 is 32.2 Å². The molecule has 0 spiro atoms. The van der Waals surface area contributed by atoms with E-state index in [1.54, 1.807) is 0 Å². The van der Waals surface area contributed by atoms with E-state index in [0.29, 0.717) is 5.75 Å². The van der Waals surface area contributed by atoms with Crippen LogP contribution in [0, 0.1) is 0 Å². The van der Waals surface area contributed by atoms with E-state index in [-0.39, 0.29) is 27.6 Å². The lowest BCUT2D eigenvalue weighted by atomic mass is 10.2. The quantitative estimate of drug-likeness (QED) is 0.735. The minimum atomic E-state index is -3.89. The van der Waals surface area contributed by atoms with Crippen molar-refractivity contribution in [3.8, 4) is 17.2 Å². The van der Waals surface area contributed by atoms with E-state index in [4.69, 9.17) is 14.2 Å². The second-order valence-corrected chi connectivity index (χ2v) is 6.71. The standard InChI is InChI=1S/C17H19NO7S/c1-22-14-8-6-12(10-16(14)24-3)26(20,21)18-11-5-7-13(17(19)25-4)15(9-11)23-2/h5-10,18H,1-4H3. The van der Waals surface area contributed by atoms with Gasteiger partial charge in [0.05, 0.1) is 39.0 Å². The Kier molecular flexibility index (Phi) is 5.93. The second-order valence-electron chi connectivity index (χ2n) is 5.03. The first-order chi connectivity index (χ1) is 12.4. The molecule has 0 amide bonds. The fourth-order valence-corrected chi connectivity index (χ4v) is 3.30. The van der Waals surface area contributed by atoms with Crippen LogP contribution >= 0.6 is 0 Å². The first kappa shape index (κ1) is 19.4. The topological polar surface area (TPSA) is 100 Å². The number of anilines is 1. The number of benzene rings is 2. The van der Waals surface area contributed by atoms with Gasteiger partial charge >= 0.3 is 5.97 Å². The molecule has 1 N–H and O–H groups in total. The number of methoxy groups -OCH3 is 4. The molecule has 140 valence electrons. The first-order valence-corrected chi connectivity index (χ1v) is 8.85. The number of ether oxygens (including phenoxy) is 4. The fraction of sp³-hybridized carbons (Fsp3) is 0.235. The molecule has 0 saturated carbocycles. The van der Waals surface area contributed by atoms with Crippen LogP contribution in [0.4, 0.5) is 5.69 Å². The molecule has 0 aromatic heterocycles. The van der Waals surface area contributed by atoms with Gasteiger partial charge < -0.3 is 18.9 Å². The molecule has 0 radical (unpaired) electrons. The van der Waals surface area contributed by atoms with Crippen molar-refractivity contribution in [2.24, 2.45) is 0 Å². The third kappa shape index (κ3) is 3.99. The third-order valence-corrected chi connectivity index (χ3v) is 4.90. The Hall–Kier alpha value is -2.94. The molecule has 0 aliphatic carbocycles. The zero-order chi connectivity index (χ0) is 19.3. The normalized spacial score (nSPS) is 10.8. The summed E-state index contributed by atoms with van der Waals surface area (Å²) in [7, 11) is 1.60. The van der Waals surface area contributed by atoms with Crippen molar-refractivity contribution in [1.29, 1.82) is 0 Å². The van der Waals surface area contributed by atoms with Gasteiger partial charge in [-0.15, -0.1) is 0 Å². The zero-order valence-corrected chi connectivity index (χ0v) is 15.5. The van der Waals surface area contributed by atoms with Gasteiger partial charge in [-0.3, -0.25) is 4.72 Å². The Morgan fingerprint density at radius 3 is 2.08 bits per heavy atom. The average molecular weight is 381 g/mol. The van der Waals surface area contributed by atoms with Gasteiger partial charge in [0, 0.05) is 12.1 Å². The first-order valence-electron chi connectivity index (χ1n) is 7.37. The summed E-state index contributed by atoms with van der Waals surface area (Å²) in [5, 5.41) is 0. The van der Waals surface area contributed by atoms with Crippen LogP contribution < -0.4 is 18.9 Å². The molecule has 8 nitrogen and oxygen atoms in total. The lowest BCUT2D eigenvalue weighted by Gasteiger charge is -2.13. The van der Waals surface area contributed by atoms with E-state index < -0.39 is 16.0 Å². The van der Waals surface area contributed by atoms with Crippen LogP contribution in [0.3, 0.4) is 0 Å². The molecule has 0 unspecified atom stereocenters. The van der Waals surface area contributed by atoms with Gasteiger partial charge in [-0.25, -0.2) is 13.2 Å². The van der Waals surface area contributed by atoms with Gasteiger partial charge in [0.1, 0.15) is 11.3 Å². The van der Waals surface area contributed by atoms with Crippen LogP contribution in [0.5, 0.6) is 17.2 Å². The van der Waals surface area contributed by atoms with Crippen LogP contribution in [-0.2, 0) is 14.8 Å². The summed E-state index contributed by atoms with van der Waals surface area (Å²) in [6, 6.07) is 8.48. The monoisotopic (exact) mass is 381 g/mol. The van der Waals surface area contributed by atoms with Crippen molar-refractivity contribution in [2.75, 3.05) is 33.2 Å². The van der Waals surface area contributed by atoms with Gasteiger partial charge in [0.15, 0.2) is 11.5 Å². The predicted molar refractivity (Wildman–Crippen MR) is 94.7 cm³/mol. The second kappa shape index (κ2) is 7.96. The van der Waals surface area contributed by atoms with Gasteiger partial charge in [0.25, 0.3) is 10.0 Å². The summed E-state index contributed by atoms with van der Waals surface area (Å²) in [5.41, 5.74) is 0.411. The number of esters is 1. The van der Waals surface area contributed by atoms with Crippen molar-refractivity contribution in [3.05, 3.63) is 42.0 Å². The molecular weight excluding hydrogens is 362 g/mol. The van der Waals surface area contributed by atoms with Crippen molar-refractivity contribution >= 4 is 21.7 Å². The highest BCUT2D eigenvalue weighted by Gasteiger charge is 2.19. The smallest absolute Gasteiger partial charge is 0.341 e. The SMILES string of the molecule is COC(=O)c1ccc(NS(=O)(=O)c2ccc(OC)c(OC)c2)cc1OC. The van der Waals surface area contributed by atoms with Crippen LogP contribution in [0.25, 0.3) is 0 Å². The van der Waals surface area contributed by atoms with Crippen molar-refractivity contribution in [2.45, 2.75) is 4.90 Å². The van der Waals surface area contributed by atoms with Crippen LogP contribution in [-0.4, -0.2) is 42.8 Å². The molecule has 2 aromatic carbocycles. The molecule has 2 rings (SSSR count). The molecule has 0 aliphatic rings. The van der Waals surface area contributed by atoms with E-state index in [0.717, 1.165) is 0 Å². The number of hydrogen-bond donors (Lipinski definition) is 1. The molecule has 0 heterocycles. The highest BCUT2D eigenvalue weighted by Crippen LogP contribution is 2.31. The summed E-state index contributed by atoms with van der Waals surface area (Å²) in [5.74, 6) is 0.296. The van der Waals surface area contributed by atoms with Crippen molar-refractivity contribution in [1.82, 2.24) is 0 Å². The van der Waals surface area contributed by atoms with Crippen LogP contribution in [0.2, 0.25) is 0 Å². The van der Waals surface area contributed by atoms with E-state index in [2.05, 4.69) is 9.46 Å². The molecule has 0 saturated heterocycles. The van der Waals surface area contributed by atoms with Crippen LogP contribution in [0.15, 0.2) is 41.3 Å². The fourth-order valence-electron chi connectivity index (χ4n) is 2.23. The highest BCUT2D eigenvalue weighted by molar-refractivity contribution is 7.92. The summed E-state index contributed by atoms with van der Waals surface area (Å²) in [4.78, 5) is 11.7. The summed E-state index contributed by atoms with van der Waals surface area (Å²) in [6.07, 6.45) is 0. The number of carbonyl (C=O) groups is 1. The molecular formula is C17H19NO7S. The Labute approximate surface area is 151 Å². The average Bonchev–Trinajstić information content (AvgIpc) is 2.66. The maximum absolute atomic E-state index is 12.6. The zero-order valence-electron chi connectivity index (χ0n) is 14.7. The number of nitrogens with one attached hydrogen (secondary N) is 1. The van der Waals surface area contributed by atoms with Crippen LogP contribution in [0.1, 0.15) is 10.4 Å². The lowest BCUT2D eigenvalue weighted by Crippen LogP contribution is -2.14. The summed E-state index contributed by atoms with van der Waals surface area (Å²) in [6.45, 7) is 0. The Morgan fingerprint density at radius 1 is 0.846 bits per heavy atom. The highest BCUT2D eigenvalue weighted by atomic mass is 32.2. The number of hydrogen-bond acceptors (Lipinski definition) is 7. The van der Waals surface area contributed by atoms with Gasteiger partial charge in [-0.1, -0.05) is 0 Å². The molecule has 0 fully saturated rings. The van der Waals surface area contributed by atoms with Gasteiger partial charge in [0.2, 0.25) is 0 Å². The summed E-state index contributed by atoms with van der Waals surface area (Å²) < 4.78 is 47.6. The molecule has 0 atom stereocenters. The van der Waals surface area contributed by atoms with E-state index in [1.807, 2.05) is 0 Å². The molecule has 0 bridgehead atoms. The third-order valence-electron chi connectivity index (χ3n) is 3.52. The van der Waals surface area contributed by atoms with Gasteiger partial charge in [-0.2, -0.15) is 0 Å². The van der Waals surface area contributed by atoms with E-state index in [9.17, 15) is 13.2 Å². The van der Waals surface area contributed by atoms with E-state index in [1.165, 1.54) is 64.8 Å². The number of rotatable bonds is 7. The minimum absolute atomic E-state index is 0.00818. The number of sulfonamides is 1. The molecule has 9 heteroatoms. The molecule has 26 heavy (non-hydrogen) atoms. The Balaban J connectivity index is 2.36. The molecule has 0 aliphatic heterocycles. The maximum Gasteiger partial charge on any atom is 0.341 e. The minimum Gasteiger partial charge on any atom is -0.496 e. The largest absolute Gasteiger partial charge is 0.496 e. The predicted octanol–water partition coefficient (Wildman–Crippen LogP) is 2.30. The summed E-state index contributed by atoms with van der Waals surface area (Å²) >= 11 is 0. The number of carbonyl (C=O) groups excluding carboxylic acids is 1. The van der Waals surface area contributed by atoms with Gasteiger partial charge in [-0.05, 0) is 24.3 Å². The lowest BCUT2D eigenvalue weighted by molar-refractivity contribution is 0.0597. The Bertz CT molecular complexity index is 909. The maximum atomic E-state index is 12.6. The van der Waals surface area contributed by atoms with E-state index >= 15 is 0 Å². The van der Waals surface area contributed by atoms with Crippen molar-refractivity contribution in [3.63, 3.8) is 0 Å². The Morgan fingerprint density at radius 2 is 1.50 bits per heavy atom.